The lowest BCUT2D eigenvalue weighted by Crippen LogP contribution is -2.36. The zero-order valence-electron chi connectivity index (χ0n) is 12.3. The molecule has 1 aromatic rings. The summed E-state index contributed by atoms with van der Waals surface area (Å²) < 4.78 is 0. The van der Waals surface area contributed by atoms with Crippen LogP contribution in [0, 0.1) is 5.92 Å². The highest BCUT2D eigenvalue weighted by Gasteiger charge is 2.27. The van der Waals surface area contributed by atoms with Crippen molar-refractivity contribution in [3.63, 3.8) is 0 Å². The Morgan fingerprint density at radius 2 is 2.25 bits per heavy atom. The van der Waals surface area contributed by atoms with Crippen LogP contribution in [-0.2, 0) is 11.2 Å². The average molecular weight is 358 g/mol. The minimum Gasteiger partial charge on any atom is -0.354 e. The number of alkyl halides is 1. The molecule has 20 heavy (non-hydrogen) atoms. The van der Waals surface area contributed by atoms with E-state index < -0.39 is 0 Å². The molecule has 1 aliphatic rings. The first-order valence-corrected chi connectivity index (χ1v) is 9.44. The summed E-state index contributed by atoms with van der Waals surface area (Å²) in [6.45, 7) is 5.16. The van der Waals surface area contributed by atoms with E-state index in [1.54, 1.807) is 11.3 Å². The van der Waals surface area contributed by atoms with Gasteiger partial charge >= 0.3 is 0 Å². The standard InChI is InChI=1S/C16H24BrNOS/c1-3-11(4-2)14(17)10-18-16(19)13-6-5-7-15-12(13)8-9-20-15/h8-9,11,13-14H,3-7,10H2,1-2H3,(H,18,19). The Morgan fingerprint density at radius 3 is 2.95 bits per heavy atom. The Hall–Kier alpha value is -0.350. The number of aryl methyl sites for hydroxylation is 1. The topological polar surface area (TPSA) is 29.1 Å². The fourth-order valence-corrected chi connectivity index (χ4v) is 4.94. The van der Waals surface area contributed by atoms with Gasteiger partial charge in [0, 0.05) is 16.2 Å². The van der Waals surface area contributed by atoms with Crippen molar-refractivity contribution in [3.05, 3.63) is 21.9 Å². The quantitative estimate of drug-likeness (QED) is 0.746. The second kappa shape index (κ2) is 7.60. The van der Waals surface area contributed by atoms with E-state index in [4.69, 9.17) is 0 Å². The van der Waals surface area contributed by atoms with Crippen LogP contribution in [0.3, 0.4) is 0 Å². The lowest BCUT2D eigenvalue weighted by Gasteiger charge is -2.24. The predicted molar refractivity (Wildman–Crippen MR) is 89.8 cm³/mol. The highest BCUT2D eigenvalue weighted by Crippen LogP contribution is 2.35. The molecule has 0 saturated carbocycles. The predicted octanol–water partition coefficient (Wildman–Crippen LogP) is 4.48. The fraction of sp³-hybridized carbons (Fsp3) is 0.688. The van der Waals surface area contributed by atoms with Crippen LogP contribution in [0.1, 0.15) is 55.9 Å². The van der Waals surface area contributed by atoms with Gasteiger partial charge in [-0.25, -0.2) is 0 Å². The van der Waals surface area contributed by atoms with Gasteiger partial charge in [-0.1, -0.05) is 42.6 Å². The summed E-state index contributed by atoms with van der Waals surface area (Å²) in [6, 6.07) is 2.13. The summed E-state index contributed by atoms with van der Waals surface area (Å²) in [5.74, 6) is 0.921. The number of hydrogen-bond acceptors (Lipinski definition) is 2. The van der Waals surface area contributed by atoms with E-state index in [9.17, 15) is 4.79 Å². The molecule has 2 nitrogen and oxygen atoms in total. The number of nitrogens with one attached hydrogen (secondary N) is 1. The summed E-state index contributed by atoms with van der Waals surface area (Å²) in [7, 11) is 0. The van der Waals surface area contributed by atoms with Crippen molar-refractivity contribution in [2.24, 2.45) is 5.92 Å². The van der Waals surface area contributed by atoms with E-state index >= 15 is 0 Å². The average Bonchev–Trinajstić information content (AvgIpc) is 2.94. The maximum absolute atomic E-state index is 12.4. The number of halogens is 1. The number of thiophene rings is 1. The van der Waals surface area contributed by atoms with Gasteiger partial charge < -0.3 is 5.32 Å². The van der Waals surface area contributed by atoms with Crippen molar-refractivity contribution in [1.82, 2.24) is 5.32 Å². The molecule has 0 aliphatic heterocycles. The molecule has 0 fully saturated rings. The van der Waals surface area contributed by atoms with Gasteiger partial charge in [0.05, 0.1) is 5.92 Å². The molecule has 1 N–H and O–H groups in total. The fourth-order valence-electron chi connectivity index (χ4n) is 3.05. The van der Waals surface area contributed by atoms with Crippen LogP contribution in [-0.4, -0.2) is 17.3 Å². The highest BCUT2D eigenvalue weighted by atomic mass is 79.9. The lowest BCUT2D eigenvalue weighted by atomic mass is 9.87. The highest BCUT2D eigenvalue weighted by molar-refractivity contribution is 9.09. The number of amides is 1. The molecule has 1 aromatic heterocycles. The number of rotatable bonds is 6. The molecule has 0 radical (unpaired) electrons. The Bertz CT molecular complexity index is 441. The maximum Gasteiger partial charge on any atom is 0.227 e. The molecule has 0 aromatic carbocycles. The Morgan fingerprint density at radius 1 is 1.50 bits per heavy atom. The number of carbonyl (C=O) groups excluding carboxylic acids is 1. The number of carbonyl (C=O) groups is 1. The Balaban J connectivity index is 1.90. The van der Waals surface area contributed by atoms with Crippen molar-refractivity contribution < 1.29 is 4.79 Å². The molecule has 2 unspecified atom stereocenters. The summed E-state index contributed by atoms with van der Waals surface area (Å²) in [5, 5.41) is 5.27. The number of fused-ring (bicyclic) bond motifs is 1. The molecule has 1 amide bonds. The van der Waals surface area contributed by atoms with Gasteiger partial charge in [0.15, 0.2) is 0 Å². The molecule has 1 heterocycles. The smallest absolute Gasteiger partial charge is 0.227 e. The Kier molecular flexibility index (Phi) is 6.09. The van der Waals surface area contributed by atoms with E-state index in [0.717, 1.165) is 38.6 Å². The van der Waals surface area contributed by atoms with Gasteiger partial charge in [0.25, 0.3) is 0 Å². The van der Waals surface area contributed by atoms with Crippen LogP contribution in [0.4, 0.5) is 0 Å². The first-order chi connectivity index (χ1) is 9.67. The van der Waals surface area contributed by atoms with Gasteiger partial charge in [0.2, 0.25) is 5.91 Å². The van der Waals surface area contributed by atoms with Crippen LogP contribution in [0.5, 0.6) is 0 Å². The second-order valence-corrected chi connectivity index (χ2v) is 7.76. The van der Waals surface area contributed by atoms with Gasteiger partial charge in [-0.15, -0.1) is 11.3 Å². The van der Waals surface area contributed by atoms with Crippen LogP contribution in [0.25, 0.3) is 0 Å². The minimum absolute atomic E-state index is 0.0754. The second-order valence-electron chi connectivity index (χ2n) is 5.58. The zero-order chi connectivity index (χ0) is 14.5. The van der Waals surface area contributed by atoms with Gasteiger partial charge in [0.1, 0.15) is 0 Å². The summed E-state index contributed by atoms with van der Waals surface area (Å²) in [5.41, 5.74) is 1.27. The van der Waals surface area contributed by atoms with Gasteiger partial charge in [-0.3, -0.25) is 4.79 Å². The molecule has 4 heteroatoms. The van der Waals surface area contributed by atoms with Crippen molar-refractivity contribution in [1.29, 1.82) is 0 Å². The maximum atomic E-state index is 12.4. The van der Waals surface area contributed by atoms with Crippen LogP contribution >= 0.6 is 27.3 Å². The lowest BCUT2D eigenvalue weighted by molar-refractivity contribution is -0.122. The molecule has 112 valence electrons. The molecule has 2 rings (SSSR count). The zero-order valence-corrected chi connectivity index (χ0v) is 14.7. The SMILES string of the molecule is CCC(CC)C(Br)CNC(=O)C1CCCc2sccc21. The van der Waals surface area contributed by atoms with E-state index in [0.29, 0.717) is 10.7 Å². The van der Waals surface area contributed by atoms with E-state index in [2.05, 4.69) is 46.5 Å². The molecule has 0 bridgehead atoms. The summed E-state index contributed by atoms with van der Waals surface area (Å²) >= 11 is 5.52. The third kappa shape index (κ3) is 3.64. The summed E-state index contributed by atoms with van der Waals surface area (Å²) in [6.07, 6.45) is 5.58. The molecule has 1 aliphatic carbocycles. The third-order valence-corrected chi connectivity index (χ3v) is 6.47. The molecular weight excluding hydrogens is 334 g/mol. The van der Waals surface area contributed by atoms with Crippen LogP contribution in [0.15, 0.2) is 11.4 Å². The third-order valence-electron chi connectivity index (χ3n) is 4.40. The molecule has 2 atom stereocenters. The normalized spacial score (nSPS) is 19.7. The largest absolute Gasteiger partial charge is 0.354 e. The molecule has 0 saturated heterocycles. The van der Waals surface area contributed by atoms with Crippen molar-refractivity contribution in [3.8, 4) is 0 Å². The van der Waals surface area contributed by atoms with Crippen molar-refractivity contribution >= 4 is 33.2 Å². The molecular formula is C16H24BrNOS. The first kappa shape index (κ1) is 16.0. The summed E-state index contributed by atoms with van der Waals surface area (Å²) in [4.78, 5) is 14.2. The van der Waals surface area contributed by atoms with E-state index in [-0.39, 0.29) is 11.8 Å². The van der Waals surface area contributed by atoms with Crippen LogP contribution < -0.4 is 5.32 Å². The van der Waals surface area contributed by atoms with Gasteiger partial charge in [-0.2, -0.15) is 0 Å². The van der Waals surface area contributed by atoms with E-state index in [1.165, 1.54) is 10.4 Å². The van der Waals surface area contributed by atoms with E-state index in [1.807, 2.05) is 0 Å². The van der Waals surface area contributed by atoms with Crippen molar-refractivity contribution in [2.45, 2.75) is 56.7 Å². The van der Waals surface area contributed by atoms with Crippen molar-refractivity contribution in [2.75, 3.05) is 6.54 Å². The first-order valence-electron chi connectivity index (χ1n) is 7.65. The molecule has 0 spiro atoms. The Labute approximate surface area is 134 Å². The van der Waals surface area contributed by atoms with Gasteiger partial charge in [-0.05, 0) is 42.2 Å². The van der Waals surface area contributed by atoms with Crippen LogP contribution in [0.2, 0.25) is 0 Å². The monoisotopic (exact) mass is 357 g/mol. The number of hydrogen-bond donors (Lipinski definition) is 1. The minimum atomic E-state index is 0.0754.